The van der Waals surface area contributed by atoms with Crippen molar-refractivity contribution in [3.8, 4) is 0 Å². The number of rotatable bonds is 3. The fraction of sp³-hybridized carbons (Fsp3) is 0.333. The molecule has 2 N–H and O–H groups in total. The second-order valence-corrected chi connectivity index (χ2v) is 3.21. The third-order valence-electron chi connectivity index (χ3n) is 1.75. The van der Waals surface area contributed by atoms with Crippen LogP contribution in [-0.4, -0.2) is 24.1 Å². The van der Waals surface area contributed by atoms with Gasteiger partial charge in [-0.2, -0.15) is 0 Å². The highest BCUT2D eigenvalue weighted by Gasteiger charge is 2.13. The molecular weight excluding hydrogens is 204 g/mol. The van der Waals surface area contributed by atoms with E-state index in [0.717, 1.165) is 5.56 Å². The van der Waals surface area contributed by atoms with Crippen molar-refractivity contribution in [2.24, 2.45) is 5.73 Å². The molecule has 0 saturated carbocycles. The van der Waals surface area contributed by atoms with Crippen molar-refractivity contribution in [2.75, 3.05) is 7.11 Å². The van der Waals surface area contributed by atoms with Crippen molar-refractivity contribution in [3.05, 3.63) is 29.0 Å². The SMILES string of the molecule is COC(=O)[C@H](N)Cc1ccc(Cl)nc1. The van der Waals surface area contributed by atoms with Crippen molar-refractivity contribution in [1.29, 1.82) is 0 Å². The van der Waals surface area contributed by atoms with Gasteiger partial charge in [0.1, 0.15) is 11.2 Å². The van der Waals surface area contributed by atoms with E-state index < -0.39 is 12.0 Å². The number of carbonyl (C=O) groups excluding carboxylic acids is 1. The number of halogens is 1. The Labute approximate surface area is 87.0 Å². The predicted molar refractivity (Wildman–Crippen MR) is 52.9 cm³/mol. The molecule has 1 atom stereocenters. The van der Waals surface area contributed by atoms with Gasteiger partial charge in [-0.05, 0) is 18.1 Å². The number of nitrogens with two attached hydrogens (primary N) is 1. The van der Waals surface area contributed by atoms with Gasteiger partial charge < -0.3 is 10.5 Å². The van der Waals surface area contributed by atoms with E-state index in [1.165, 1.54) is 7.11 Å². The van der Waals surface area contributed by atoms with Crippen LogP contribution in [0.4, 0.5) is 0 Å². The zero-order valence-corrected chi connectivity index (χ0v) is 8.49. The minimum absolute atomic E-state index is 0.400. The Balaban J connectivity index is 2.60. The minimum atomic E-state index is -0.650. The highest BCUT2D eigenvalue weighted by atomic mass is 35.5. The normalized spacial score (nSPS) is 12.2. The Morgan fingerprint density at radius 3 is 2.93 bits per heavy atom. The number of esters is 1. The van der Waals surface area contributed by atoms with E-state index in [1.807, 2.05) is 0 Å². The average Bonchev–Trinajstić information content (AvgIpc) is 2.20. The quantitative estimate of drug-likeness (QED) is 0.597. The second-order valence-electron chi connectivity index (χ2n) is 2.82. The summed E-state index contributed by atoms with van der Waals surface area (Å²) in [5.74, 6) is -0.431. The van der Waals surface area contributed by atoms with Crippen LogP contribution in [0, 0.1) is 0 Å². The van der Waals surface area contributed by atoms with Crippen LogP contribution >= 0.6 is 11.6 Å². The maximum Gasteiger partial charge on any atom is 0.322 e. The molecule has 4 nitrogen and oxygen atoms in total. The molecular formula is C9H11ClN2O2. The third kappa shape index (κ3) is 2.97. The summed E-state index contributed by atoms with van der Waals surface area (Å²) in [6, 6.07) is 2.78. The lowest BCUT2D eigenvalue weighted by atomic mass is 10.1. The summed E-state index contributed by atoms with van der Waals surface area (Å²) in [5.41, 5.74) is 6.42. The van der Waals surface area contributed by atoms with E-state index in [-0.39, 0.29) is 0 Å². The summed E-state index contributed by atoms with van der Waals surface area (Å²) in [4.78, 5) is 14.9. The van der Waals surface area contributed by atoms with Crippen LogP contribution in [0.1, 0.15) is 5.56 Å². The number of aromatic nitrogens is 1. The van der Waals surface area contributed by atoms with E-state index in [2.05, 4.69) is 9.72 Å². The molecule has 1 heterocycles. The maximum absolute atomic E-state index is 11.0. The molecule has 0 bridgehead atoms. The first-order valence-electron chi connectivity index (χ1n) is 4.07. The first-order chi connectivity index (χ1) is 6.63. The summed E-state index contributed by atoms with van der Waals surface area (Å²) in [5, 5.41) is 0.417. The number of pyridine rings is 1. The average molecular weight is 215 g/mol. The lowest BCUT2D eigenvalue weighted by Crippen LogP contribution is -2.33. The highest BCUT2D eigenvalue weighted by Crippen LogP contribution is 2.07. The molecule has 5 heteroatoms. The molecule has 0 saturated heterocycles. The molecule has 0 spiro atoms. The number of carbonyl (C=O) groups is 1. The number of ether oxygens (including phenoxy) is 1. The fourth-order valence-corrected chi connectivity index (χ4v) is 1.13. The van der Waals surface area contributed by atoms with Gasteiger partial charge in [-0.15, -0.1) is 0 Å². The number of hydrogen-bond donors (Lipinski definition) is 1. The van der Waals surface area contributed by atoms with Crippen molar-refractivity contribution < 1.29 is 9.53 Å². The Kier molecular flexibility index (Phi) is 3.85. The fourth-order valence-electron chi connectivity index (χ4n) is 1.02. The van der Waals surface area contributed by atoms with Crippen LogP contribution in [0.2, 0.25) is 5.15 Å². The molecule has 1 aromatic heterocycles. The predicted octanol–water partition coefficient (Wildman–Crippen LogP) is 0.778. The van der Waals surface area contributed by atoms with Crippen LogP contribution < -0.4 is 5.73 Å². The highest BCUT2D eigenvalue weighted by molar-refractivity contribution is 6.29. The summed E-state index contributed by atoms with van der Waals surface area (Å²) < 4.78 is 4.50. The maximum atomic E-state index is 11.0. The first-order valence-corrected chi connectivity index (χ1v) is 4.45. The zero-order chi connectivity index (χ0) is 10.6. The minimum Gasteiger partial charge on any atom is -0.468 e. The largest absolute Gasteiger partial charge is 0.468 e. The van der Waals surface area contributed by atoms with Crippen LogP contribution in [0.15, 0.2) is 18.3 Å². The molecule has 0 amide bonds. The van der Waals surface area contributed by atoms with Gasteiger partial charge in [0.15, 0.2) is 0 Å². The van der Waals surface area contributed by atoms with Crippen LogP contribution in [0.25, 0.3) is 0 Å². The zero-order valence-electron chi connectivity index (χ0n) is 7.74. The lowest BCUT2D eigenvalue weighted by Gasteiger charge is -2.08. The van der Waals surface area contributed by atoms with Gasteiger partial charge in [0, 0.05) is 6.20 Å². The first kappa shape index (κ1) is 10.9. The van der Waals surface area contributed by atoms with Gasteiger partial charge in [0.2, 0.25) is 0 Å². The Morgan fingerprint density at radius 1 is 1.71 bits per heavy atom. The van der Waals surface area contributed by atoms with Crippen molar-refractivity contribution in [2.45, 2.75) is 12.5 Å². The molecule has 0 unspecified atom stereocenters. The van der Waals surface area contributed by atoms with Gasteiger partial charge in [-0.25, -0.2) is 4.98 Å². The topological polar surface area (TPSA) is 65.2 Å². The van der Waals surface area contributed by atoms with E-state index >= 15 is 0 Å². The number of hydrogen-bond acceptors (Lipinski definition) is 4. The molecule has 0 fully saturated rings. The molecule has 0 radical (unpaired) electrons. The Hall–Kier alpha value is -1.13. The lowest BCUT2D eigenvalue weighted by molar-refractivity contribution is -0.142. The van der Waals surface area contributed by atoms with Gasteiger partial charge in [0.25, 0.3) is 0 Å². The summed E-state index contributed by atoms with van der Waals surface area (Å²) in [6.07, 6.45) is 1.99. The van der Waals surface area contributed by atoms with E-state index in [9.17, 15) is 4.79 Å². The third-order valence-corrected chi connectivity index (χ3v) is 1.97. The Morgan fingerprint density at radius 2 is 2.43 bits per heavy atom. The molecule has 76 valence electrons. The van der Waals surface area contributed by atoms with Crippen LogP contribution in [0.3, 0.4) is 0 Å². The number of methoxy groups -OCH3 is 1. The van der Waals surface area contributed by atoms with Crippen LogP contribution in [-0.2, 0) is 16.0 Å². The standard InChI is InChI=1S/C9H11ClN2O2/c1-14-9(13)7(11)4-6-2-3-8(10)12-5-6/h2-3,5,7H,4,11H2,1H3/t7-/m1/s1. The van der Waals surface area contributed by atoms with Crippen molar-refractivity contribution in [1.82, 2.24) is 4.98 Å². The van der Waals surface area contributed by atoms with E-state index in [4.69, 9.17) is 17.3 Å². The monoisotopic (exact) mass is 214 g/mol. The molecule has 1 aromatic rings. The molecule has 0 aromatic carbocycles. The summed E-state index contributed by atoms with van der Waals surface area (Å²) in [6.45, 7) is 0. The molecule has 1 rings (SSSR count). The number of nitrogens with zero attached hydrogens (tertiary/aromatic N) is 1. The van der Waals surface area contributed by atoms with Gasteiger partial charge in [0.05, 0.1) is 7.11 Å². The second kappa shape index (κ2) is 4.93. The summed E-state index contributed by atoms with van der Waals surface area (Å²) >= 11 is 5.60. The van der Waals surface area contributed by atoms with Crippen molar-refractivity contribution in [3.63, 3.8) is 0 Å². The van der Waals surface area contributed by atoms with Crippen LogP contribution in [0.5, 0.6) is 0 Å². The van der Waals surface area contributed by atoms with E-state index in [0.29, 0.717) is 11.6 Å². The van der Waals surface area contributed by atoms with Gasteiger partial charge in [-0.3, -0.25) is 4.79 Å². The smallest absolute Gasteiger partial charge is 0.322 e. The Bertz CT molecular complexity index is 313. The van der Waals surface area contributed by atoms with E-state index in [1.54, 1.807) is 18.3 Å². The van der Waals surface area contributed by atoms with Gasteiger partial charge in [-0.1, -0.05) is 17.7 Å². The van der Waals surface area contributed by atoms with Crippen molar-refractivity contribution >= 4 is 17.6 Å². The summed E-state index contributed by atoms with van der Waals surface area (Å²) in [7, 11) is 1.31. The molecule has 0 aliphatic carbocycles. The molecule has 14 heavy (non-hydrogen) atoms. The van der Waals surface area contributed by atoms with Gasteiger partial charge >= 0.3 is 5.97 Å². The molecule has 0 aliphatic heterocycles. The molecule has 0 aliphatic rings.